The Morgan fingerprint density at radius 1 is 1.15 bits per heavy atom. The minimum atomic E-state index is 0.661. The molecule has 0 radical (unpaired) electrons. The lowest BCUT2D eigenvalue weighted by Crippen LogP contribution is -2.22. The van der Waals surface area contributed by atoms with Gasteiger partial charge in [-0.15, -0.1) is 0 Å². The van der Waals surface area contributed by atoms with E-state index in [9.17, 15) is 0 Å². The Morgan fingerprint density at radius 2 is 1.90 bits per heavy atom. The molecular weight excluding hydrogens is 252 g/mol. The van der Waals surface area contributed by atoms with Gasteiger partial charge in [-0.1, -0.05) is 13.8 Å². The van der Waals surface area contributed by atoms with E-state index in [4.69, 9.17) is 8.83 Å². The van der Waals surface area contributed by atoms with E-state index >= 15 is 0 Å². The van der Waals surface area contributed by atoms with Gasteiger partial charge < -0.3 is 14.2 Å². The molecule has 0 aromatic carbocycles. The van der Waals surface area contributed by atoms with Crippen molar-refractivity contribution in [1.29, 1.82) is 0 Å². The molecule has 2 aromatic heterocycles. The number of aryl methyl sites for hydroxylation is 2. The van der Waals surface area contributed by atoms with Crippen molar-refractivity contribution in [3.63, 3.8) is 0 Å². The first-order valence-electron chi connectivity index (χ1n) is 7.21. The molecule has 2 rings (SSSR count). The molecule has 0 aliphatic carbocycles. The number of oxazole rings is 1. The average Bonchev–Trinajstić information content (AvgIpc) is 2.91. The molecule has 0 saturated heterocycles. The Hall–Kier alpha value is -1.55. The summed E-state index contributed by atoms with van der Waals surface area (Å²) in [7, 11) is 0. The Morgan fingerprint density at radius 3 is 2.50 bits per heavy atom. The van der Waals surface area contributed by atoms with Gasteiger partial charge in [0, 0.05) is 18.5 Å². The van der Waals surface area contributed by atoms with E-state index in [0.29, 0.717) is 5.92 Å². The molecule has 110 valence electrons. The van der Waals surface area contributed by atoms with Crippen molar-refractivity contribution in [2.75, 3.05) is 13.1 Å². The first-order chi connectivity index (χ1) is 9.49. The Labute approximate surface area is 120 Å². The minimum absolute atomic E-state index is 0.661. The van der Waals surface area contributed by atoms with Crippen LogP contribution in [0.25, 0.3) is 11.3 Å². The number of hydrogen-bond donors (Lipinski definition) is 1. The van der Waals surface area contributed by atoms with Crippen LogP contribution in [0.1, 0.15) is 36.8 Å². The molecule has 20 heavy (non-hydrogen) atoms. The third kappa shape index (κ3) is 3.31. The fourth-order valence-electron chi connectivity index (χ4n) is 2.28. The maximum atomic E-state index is 5.84. The first kappa shape index (κ1) is 14.9. The largest absolute Gasteiger partial charge is 0.466 e. The van der Waals surface area contributed by atoms with Crippen molar-refractivity contribution in [3.05, 3.63) is 29.2 Å². The van der Waals surface area contributed by atoms with Crippen molar-refractivity contribution in [1.82, 2.24) is 10.3 Å². The summed E-state index contributed by atoms with van der Waals surface area (Å²) in [4.78, 5) is 4.35. The normalized spacial score (nSPS) is 11.5. The first-order valence-corrected chi connectivity index (χ1v) is 7.21. The molecule has 0 unspecified atom stereocenters. The molecule has 4 nitrogen and oxygen atoms in total. The van der Waals surface area contributed by atoms with Crippen LogP contribution < -0.4 is 5.32 Å². The highest BCUT2D eigenvalue weighted by atomic mass is 16.4. The van der Waals surface area contributed by atoms with Gasteiger partial charge >= 0.3 is 0 Å². The molecule has 0 saturated carbocycles. The molecule has 0 aliphatic rings. The van der Waals surface area contributed by atoms with Gasteiger partial charge in [0.2, 0.25) is 0 Å². The van der Waals surface area contributed by atoms with Gasteiger partial charge in [-0.25, -0.2) is 4.98 Å². The van der Waals surface area contributed by atoms with Crippen molar-refractivity contribution in [3.8, 4) is 11.3 Å². The topological polar surface area (TPSA) is 51.2 Å². The third-order valence-electron chi connectivity index (χ3n) is 3.43. The molecule has 0 fully saturated rings. The van der Waals surface area contributed by atoms with Gasteiger partial charge in [-0.3, -0.25) is 0 Å². The van der Waals surface area contributed by atoms with Crippen LogP contribution in [-0.4, -0.2) is 18.1 Å². The van der Waals surface area contributed by atoms with Crippen LogP contribution in [0.15, 0.2) is 15.0 Å². The number of nitrogens with one attached hydrogen (secondary N) is 1. The Bertz CT molecular complexity index is 567. The second-order valence-corrected chi connectivity index (χ2v) is 5.68. The van der Waals surface area contributed by atoms with Crippen LogP contribution in [-0.2, 0) is 6.42 Å². The van der Waals surface area contributed by atoms with Gasteiger partial charge in [-0.2, -0.15) is 0 Å². The molecule has 0 aliphatic heterocycles. The van der Waals surface area contributed by atoms with E-state index in [0.717, 1.165) is 53.8 Å². The zero-order chi connectivity index (χ0) is 14.7. The minimum Gasteiger partial charge on any atom is -0.466 e. The van der Waals surface area contributed by atoms with E-state index in [2.05, 4.69) is 24.1 Å². The Kier molecular flexibility index (Phi) is 4.65. The van der Waals surface area contributed by atoms with E-state index in [1.165, 1.54) is 0 Å². The summed E-state index contributed by atoms with van der Waals surface area (Å²) in [5, 5.41) is 3.39. The summed E-state index contributed by atoms with van der Waals surface area (Å²) in [6.07, 6.45) is 2.60. The number of furan rings is 1. The summed E-state index contributed by atoms with van der Waals surface area (Å²) in [6, 6.07) is 0. The Balaban J connectivity index is 2.02. The monoisotopic (exact) mass is 276 g/mol. The van der Waals surface area contributed by atoms with Crippen molar-refractivity contribution in [2.45, 2.75) is 41.0 Å². The van der Waals surface area contributed by atoms with Crippen LogP contribution in [0.2, 0.25) is 0 Å². The van der Waals surface area contributed by atoms with E-state index < -0.39 is 0 Å². The summed E-state index contributed by atoms with van der Waals surface area (Å²) in [5.41, 5.74) is 2.17. The smallest absolute Gasteiger partial charge is 0.196 e. The summed E-state index contributed by atoms with van der Waals surface area (Å²) in [6.45, 7) is 12.3. The molecule has 0 bridgehead atoms. The summed E-state index contributed by atoms with van der Waals surface area (Å²) < 4.78 is 11.5. The lowest BCUT2D eigenvalue weighted by Gasteiger charge is -2.05. The van der Waals surface area contributed by atoms with E-state index in [1.807, 2.05) is 20.8 Å². The lowest BCUT2D eigenvalue weighted by atomic mass is 10.1. The standard InChI is InChI=1S/C16H24N2O2/c1-10(2)8-17-7-6-15-18-9-14(20-15)16-11(3)12(4)19-13(16)5/h9-10,17H,6-8H2,1-5H3. The summed E-state index contributed by atoms with van der Waals surface area (Å²) in [5.74, 6) is 4.06. The number of aromatic nitrogens is 1. The van der Waals surface area contributed by atoms with Crippen LogP contribution in [0.4, 0.5) is 0 Å². The van der Waals surface area contributed by atoms with Crippen molar-refractivity contribution in [2.24, 2.45) is 5.92 Å². The van der Waals surface area contributed by atoms with Gasteiger partial charge in [0.1, 0.15) is 11.5 Å². The molecule has 0 amide bonds. The van der Waals surface area contributed by atoms with Gasteiger partial charge in [0.05, 0.1) is 11.8 Å². The molecule has 0 spiro atoms. The maximum Gasteiger partial charge on any atom is 0.196 e. The zero-order valence-electron chi connectivity index (χ0n) is 13.0. The SMILES string of the molecule is Cc1oc(C)c(-c2cnc(CCNCC(C)C)o2)c1C. The number of nitrogens with zero attached hydrogens (tertiary/aromatic N) is 1. The predicted molar refractivity (Wildman–Crippen MR) is 79.8 cm³/mol. The maximum absolute atomic E-state index is 5.84. The summed E-state index contributed by atoms with van der Waals surface area (Å²) >= 11 is 0. The van der Waals surface area contributed by atoms with Crippen LogP contribution in [0, 0.1) is 26.7 Å². The van der Waals surface area contributed by atoms with Crippen molar-refractivity contribution < 1.29 is 8.83 Å². The quantitative estimate of drug-likeness (QED) is 0.818. The van der Waals surface area contributed by atoms with E-state index in [-0.39, 0.29) is 0 Å². The highest BCUT2D eigenvalue weighted by Gasteiger charge is 2.17. The predicted octanol–water partition coefficient (Wildman–Crippen LogP) is 3.65. The number of hydrogen-bond acceptors (Lipinski definition) is 4. The molecule has 4 heteroatoms. The number of rotatable bonds is 6. The fourth-order valence-corrected chi connectivity index (χ4v) is 2.28. The second kappa shape index (κ2) is 6.27. The van der Waals surface area contributed by atoms with E-state index in [1.54, 1.807) is 6.20 Å². The van der Waals surface area contributed by atoms with Gasteiger partial charge in [-0.05, 0) is 33.2 Å². The third-order valence-corrected chi connectivity index (χ3v) is 3.43. The highest BCUT2D eigenvalue weighted by Crippen LogP contribution is 2.31. The van der Waals surface area contributed by atoms with Gasteiger partial charge in [0.25, 0.3) is 0 Å². The fraction of sp³-hybridized carbons (Fsp3) is 0.562. The average molecular weight is 276 g/mol. The van der Waals surface area contributed by atoms with Crippen LogP contribution in [0.5, 0.6) is 0 Å². The molecular formula is C16H24N2O2. The molecule has 0 atom stereocenters. The zero-order valence-corrected chi connectivity index (χ0v) is 13.0. The highest BCUT2D eigenvalue weighted by molar-refractivity contribution is 5.64. The molecule has 2 aromatic rings. The van der Waals surface area contributed by atoms with Crippen molar-refractivity contribution >= 4 is 0 Å². The lowest BCUT2D eigenvalue weighted by molar-refractivity contribution is 0.479. The molecule has 2 heterocycles. The van der Waals surface area contributed by atoms with Gasteiger partial charge in [0.15, 0.2) is 11.7 Å². The van der Waals surface area contributed by atoms with Crippen LogP contribution >= 0.6 is 0 Å². The molecule has 1 N–H and O–H groups in total. The van der Waals surface area contributed by atoms with Crippen LogP contribution in [0.3, 0.4) is 0 Å². The second-order valence-electron chi connectivity index (χ2n) is 5.68.